The number of halogens is 1. The van der Waals surface area contributed by atoms with E-state index in [0.717, 1.165) is 27.0 Å². The van der Waals surface area contributed by atoms with Gasteiger partial charge in [-0.25, -0.2) is 0 Å². The minimum Gasteiger partial charge on any atom is -0.272 e. The van der Waals surface area contributed by atoms with Gasteiger partial charge in [0.15, 0.2) is 0 Å². The van der Waals surface area contributed by atoms with Gasteiger partial charge in [0.1, 0.15) is 0 Å². The van der Waals surface area contributed by atoms with E-state index in [4.69, 9.17) is 0 Å². The van der Waals surface area contributed by atoms with Crippen molar-refractivity contribution in [3.05, 3.63) is 45.6 Å². The summed E-state index contributed by atoms with van der Waals surface area (Å²) in [6.07, 6.45) is 7.86. The summed E-state index contributed by atoms with van der Waals surface area (Å²) in [7, 11) is 0. The van der Waals surface area contributed by atoms with Crippen molar-refractivity contribution in [2.45, 2.75) is 12.8 Å². The zero-order chi connectivity index (χ0) is 15.3. The van der Waals surface area contributed by atoms with Crippen LogP contribution in [0.4, 0.5) is 0 Å². The topological polar surface area (TPSA) is 49.7 Å². The molecule has 0 N–H and O–H groups in total. The van der Waals surface area contributed by atoms with Crippen LogP contribution in [0.2, 0.25) is 0 Å². The summed E-state index contributed by atoms with van der Waals surface area (Å²) in [6.45, 7) is 0. The number of allylic oxidation sites excluding steroid dienone is 2. The molecule has 0 aromatic heterocycles. The Morgan fingerprint density at radius 2 is 1.73 bits per heavy atom. The highest BCUT2D eigenvalue weighted by molar-refractivity contribution is 14.1. The number of nitrogens with zero attached hydrogens (tertiary/aromatic N) is 2. The maximum atomic E-state index is 12.6. The van der Waals surface area contributed by atoms with Gasteiger partial charge in [0.2, 0.25) is 0 Å². The van der Waals surface area contributed by atoms with Gasteiger partial charge in [0, 0.05) is 3.57 Å². The number of carbonyl (C=O) groups is 2. The predicted octanol–water partition coefficient (Wildman–Crippen LogP) is 2.82. The van der Waals surface area contributed by atoms with Crippen molar-refractivity contribution >= 4 is 40.6 Å². The van der Waals surface area contributed by atoms with E-state index >= 15 is 0 Å². The Labute approximate surface area is 142 Å². The highest BCUT2D eigenvalue weighted by Crippen LogP contribution is 2.49. The van der Waals surface area contributed by atoms with Crippen LogP contribution in [0.5, 0.6) is 0 Å². The molecular formula is C17H15IN2O2. The second-order valence-electron chi connectivity index (χ2n) is 6.13. The van der Waals surface area contributed by atoms with Crippen LogP contribution < -0.4 is 0 Å². The largest absolute Gasteiger partial charge is 0.272 e. The molecule has 1 aromatic rings. The van der Waals surface area contributed by atoms with Crippen LogP contribution in [-0.2, 0) is 9.59 Å². The van der Waals surface area contributed by atoms with Gasteiger partial charge in [0.05, 0.1) is 18.1 Å². The van der Waals surface area contributed by atoms with Gasteiger partial charge >= 0.3 is 0 Å². The van der Waals surface area contributed by atoms with Crippen molar-refractivity contribution in [3.63, 3.8) is 0 Å². The maximum absolute atomic E-state index is 12.6. The minimum absolute atomic E-state index is 0.129. The number of hydrazone groups is 1. The van der Waals surface area contributed by atoms with Crippen molar-refractivity contribution < 1.29 is 9.59 Å². The smallest absolute Gasteiger partial charge is 0.254 e. The molecule has 4 aliphatic rings. The zero-order valence-corrected chi connectivity index (χ0v) is 14.0. The molecule has 5 rings (SSSR count). The molecule has 2 amide bonds. The average Bonchev–Trinajstić information content (AvgIpc) is 2.80. The first-order valence-electron chi connectivity index (χ1n) is 7.51. The Hall–Kier alpha value is -1.50. The number of hydrogen-bond donors (Lipinski definition) is 0. The third kappa shape index (κ3) is 2.14. The lowest BCUT2D eigenvalue weighted by atomic mass is 9.63. The number of benzene rings is 1. The molecule has 1 saturated carbocycles. The molecule has 2 fully saturated rings. The monoisotopic (exact) mass is 406 g/mol. The Balaban J connectivity index is 1.61. The van der Waals surface area contributed by atoms with Crippen LogP contribution in [0.25, 0.3) is 0 Å². The fraction of sp³-hybridized carbons (Fsp3) is 0.353. The summed E-state index contributed by atoms with van der Waals surface area (Å²) in [5.74, 6) is -0.214. The van der Waals surface area contributed by atoms with Crippen molar-refractivity contribution in [2.24, 2.45) is 28.8 Å². The molecule has 4 nitrogen and oxygen atoms in total. The van der Waals surface area contributed by atoms with E-state index < -0.39 is 0 Å². The summed E-state index contributed by atoms with van der Waals surface area (Å²) in [6, 6.07) is 7.80. The Morgan fingerprint density at radius 1 is 1.09 bits per heavy atom. The number of rotatable bonds is 2. The average molecular weight is 406 g/mol. The number of imide groups is 1. The number of amides is 2. The van der Waals surface area contributed by atoms with Gasteiger partial charge in [-0.3, -0.25) is 9.59 Å². The van der Waals surface area contributed by atoms with Crippen LogP contribution in [0.3, 0.4) is 0 Å². The Bertz CT molecular complexity index is 680. The van der Waals surface area contributed by atoms with Gasteiger partial charge in [-0.05, 0) is 65.0 Å². The summed E-state index contributed by atoms with van der Waals surface area (Å²) in [5.41, 5.74) is 0.892. The minimum atomic E-state index is -0.190. The lowest BCUT2D eigenvalue weighted by Gasteiger charge is -2.37. The highest BCUT2D eigenvalue weighted by atomic mass is 127. The second kappa shape index (κ2) is 5.30. The number of fused-ring (bicyclic) bond motifs is 1. The number of hydrogen-bond acceptors (Lipinski definition) is 3. The summed E-state index contributed by atoms with van der Waals surface area (Å²) in [5, 5.41) is 5.30. The van der Waals surface area contributed by atoms with Gasteiger partial charge in [-0.2, -0.15) is 10.1 Å². The summed E-state index contributed by atoms with van der Waals surface area (Å²) in [4.78, 5) is 25.2. The van der Waals surface area contributed by atoms with Crippen molar-refractivity contribution in [1.29, 1.82) is 0 Å². The van der Waals surface area contributed by atoms with Gasteiger partial charge in [0.25, 0.3) is 11.8 Å². The van der Waals surface area contributed by atoms with Crippen molar-refractivity contribution in [3.8, 4) is 0 Å². The van der Waals surface area contributed by atoms with Gasteiger partial charge in [-0.1, -0.05) is 24.3 Å². The second-order valence-corrected chi connectivity index (χ2v) is 7.38. The Morgan fingerprint density at radius 3 is 2.27 bits per heavy atom. The normalized spacial score (nSPS) is 33.0. The molecule has 4 atom stereocenters. The van der Waals surface area contributed by atoms with Gasteiger partial charge < -0.3 is 0 Å². The molecule has 1 saturated heterocycles. The molecule has 1 aromatic carbocycles. The molecule has 0 unspecified atom stereocenters. The van der Waals surface area contributed by atoms with E-state index in [0.29, 0.717) is 0 Å². The van der Waals surface area contributed by atoms with Crippen LogP contribution in [0.15, 0.2) is 41.5 Å². The zero-order valence-electron chi connectivity index (χ0n) is 11.9. The van der Waals surface area contributed by atoms with E-state index in [1.54, 1.807) is 6.21 Å². The fourth-order valence-electron chi connectivity index (χ4n) is 3.88. The molecule has 5 heteroatoms. The Kier molecular flexibility index (Phi) is 3.40. The first kappa shape index (κ1) is 14.1. The van der Waals surface area contributed by atoms with Crippen LogP contribution in [0.1, 0.15) is 18.4 Å². The number of carbonyl (C=O) groups excluding carboxylic acids is 2. The molecular weight excluding hydrogens is 391 g/mol. The van der Waals surface area contributed by atoms with Gasteiger partial charge in [-0.15, -0.1) is 0 Å². The quantitative estimate of drug-likeness (QED) is 0.328. The van der Waals surface area contributed by atoms with Crippen LogP contribution in [-0.4, -0.2) is 23.0 Å². The molecule has 2 bridgehead atoms. The van der Waals surface area contributed by atoms with E-state index in [9.17, 15) is 9.59 Å². The molecule has 0 radical (unpaired) electrons. The standard InChI is InChI=1S/C17H15IN2O2/c18-13-3-1-2-10(8-13)9-19-20-16(21)14-11-4-5-12(7-6-11)15(14)17(20)22/h1-5,8-9,11-12,14-15H,6-7H2/b19-9-/t11-,12-,14-,15+/m0/s1. The molecule has 0 spiro atoms. The lowest BCUT2D eigenvalue weighted by molar-refractivity contribution is -0.140. The molecule has 1 heterocycles. The predicted molar refractivity (Wildman–Crippen MR) is 90.9 cm³/mol. The SMILES string of the molecule is O=C1[C@@H]2[C@H](C(=O)N1/N=C\c1cccc(I)c1)[C@H]1C=C[C@H]2CC1. The van der Waals surface area contributed by atoms with E-state index in [1.165, 1.54) is 0 Å². The maximum Gasteiger partial charge on any atom is 0.254 e. The summed E-state index contributed by atoms with van der Waals surface area (Å²) < 4.78 is 1.09. The highest BCUT2D eigenvalue weighted by Gasteiger charge is 2.56. The molecule has 3 aliphatic carbocycles. The van der Waals surface area contributed by atoms with Crippen molar-refractivity contribution in [1.82, 2.24) is 5.01 Å². The fourth-order valence-corrected chi connectivity index (χ4v) is 4.45. The first-order chi connectivity index (χ1) is 10.6. The van der Waals surface area contributed by atoms with E-state index in [-0.39, 0.29) is 35.5 Å². The lowest BCUT2D eigenvalue weighted by Crippen LogP contribution is -2.38. The third-order valence-corrected chi connectivity index (χ3v) is 5.58. The van der Waals surface area contributed by atoms with E-state index in [2.05, 4.69) is 39.8 Å². The van der Waals surface area contributed by atoms with Crippen LogP contribution >= 0.6 is 22.6 Å². The molecule has 22 heavy (non-hydrogen) atoms. The molecule has 1 aliphatic heterocycles. The summed E-state index contributed by atoms with van der Waals surface area (Å²) >= 11 is 2.22. The third-order valence-electron chi connectivity index (χ3n) is 4.91. The van der Waals surface area contributed by atoms with E-state index in [1.807, 2.05) is 24.3 Å². The van der Waals surface area contributed by atoms with Crippen molar-refractivity contribution in [2.75, 3.05) is 0 Å². The first-order valence-corrected chi connectivity index (χ1v) is 8.59. The molecule has 112 valence electrons. The van der Waals surface area contributed by atoms with Crippen LogP contribution in [0, 0.1) is 27.2 Å².